The minimum absolute atomic E-state index is 0.116. The largest absolute Gasteiger partial charge is 0.467 e. The molecule has 0 fully saturated rings. The molecule has 0 atom stereocenters. The monoisotopic (exact) mass is 274 g/mol. The molecule has 1 N–H and O–H groups in total. The van der Waals surface area contributed by atoms with Crippen LogP contribution >= 0.6 is 0 Å². The van der Waals surface area contributed by atoms with Gasteiger partial charge in [-0.15, -0.1) is 0 Å². The summed E-state index contributed by atoms with van der Waals surface area (Å²) in [6.45, 7) is 8.24. The first-order valence-corrected chi connectivity index (χ1v) is 6.82. The molecule has 0 aliphatic heterocycles. The van der Waals surface area contributed by atoms with E-state index in [4.69, 9.17) is 9.15 Å². The maximum Gasteiger partial charge on any atom is 0.129 e. The fourth-order valence-corrected chi connectivity index (χ4v) is 1.66. The van der Waals surface area contributed by atoms with Gasteiger partial charge in [0.15, 0.2) is 0 Å². The maximum atomic E-state index is 5.55. The van der Waals surface area contributed by atoms with Gasteiger partial charge in [-0.1, -0.05) is 6.07 Å². The summed E-state index contributed by atoms with van der Waals surface area (Å²) in [4.78, 5) is 4.40. The molecule has 0 radical (unpaired) electrons. The van der Waals surface area contributed by atoms with E-state index in [0.29, 0.717) is 13.2 Å². The Kier molecular flexibility index (Phi) is 4.93. The fraction of sp³-hybridized carbons (Fsp3) is 0.438. The van der Waals surface area contributed by atoms with E-state index in [0.717, 1.165) is 18.0 Å². The van der Waals surface area contributed by atoms with Gasteiger partial charge in [-0.2, -0.15) is 0 Å². The maximum absolute atomic E-state index is 5.55. The number of hydrogen-bond donors (Lipinski definition) is 1. The summed E-state index contributed by atoms with van der Waals surface area (Å²) >= 11 is 0. The van der Waals surface area contributed by atoms with Crippen molar-refractivity contribution in [2.45, 2.75) is 46.1 Å². The van der Waals surface area contributed by atoms with E-state index in [9.17, 15) is 0 Å². The van der Waals surface area contributed by atoms with Crippen molar-refractivity contribution in [3.05, 3.63) is 53.7 Å². The van der Waals surface area contributed by atoms with Crippen molar-refractivity contribution in [3.8, 4) is 0 Å². The molecule has 2 aromatic heterocycles. The Hall–Kier alpha value is -1.65. The van der Waals surface area contributed by atoms with Crippen LogP contribution in [0.2, 0.25) is 0 Å². The summed E-state index contributed by atoms with van der Waals surface area (Å²) in [6, 6.07) is 7.84. The molecule has 0 aliphatic rings. The van der Waals surface area contributed by atoms with E-state index in [-0.39, 0.29) is 5.54 Å². The molecule has 4 nitrogen and oxygen atoms in total. The molecule has 2 aromatic rings. The van der Waals surface area contributed by atoms with Crippen LogP contribution in [-0.2, 0) is 24.5 Å². The standard InChI is InChI=1S/C16H22N2O2/c1-16(2,3)18-10-13-6-7-14(17-9-13)11-19-12-15-5-4-8-20-15/h4-9,18H,10-12H2,1-3H3. The first-order chi connectivity index (χ1) is 9.53. The molecule has 0 aromatic carbocycles. The van der Waals surface area contributed by atoms with Crippen molar-refractivity contribution in [1.82, 2.24) is 10.3 Å². The average Bonchev–Trinajstić information content (AvgIpc) is 2.90. The van der Waals surface area contributed by atoms with Crippen LogP contribution in [0, 0.1) is 0 Å². The normalized spacial score (nSPS) is 11.8. The number of aromatic nitrogens is 1. The number of pyridine rings is 1. The summed E-state index contributed by atoms with van der Waals surface area (Å²) in [5.74, 6) is 0.830. The van der Waals surface area contributed by atoms with Crippen molar-refractivity contribution in [3.63, 3.8) is 0 Å². The second-order valence-electron chi connectivity index (χ2n) is 5.83. The Morgan fingerprint density at radius 3 is 2.65 bits per heavy atom. The van der Waals surface area contributed by atoms with Gasteiger partial charge in [0.2, 0.25) is 0 Å². The molecule has 0 unspecified atom stereocenters. The van der Waals surface area contributed by atoms with Crippen LogP contribution in [0.1, 0.15) is 37.8 Å². The Bertz CT molecular complexity index is 498. The third-order valence-corrected chi connectivity index (χ3v) is 2.78. The van der Waals surface area contributed by atoms with Crippen molar-refractivity contribution < 1.29 is 9.15 Å². The van der Waals surface area contributed by atoms with Crippen molar-refractivity contribution >= 4 is 0 Å². The average molecular weight is 274 g/mol. The summed E-state index contributed by atoms with van der Waals surface area (Å²) in [7, 11) is 0. The molecule has 0 saturated carbocycles. The van der Waals surface area contributed by atoms with E-state index in [1.165, 1.54) is 5.56 Å². The zero-order valence-corrected chi connectivity index (χ0v) is 12.3. The first kappa shape index (κ1) is 14.8. The second-order valence-corrected chi connectivity index (χ2v) is 5.83. The van der Waals surface area contributed by atoms with Gasteiger partial charge < -0.3 is 14.5 Å². The zero-order chi connectivity index (χ0) is 14.4. The number of furan rings is 1. The summed E-state index contributed by atoms with van der Waals surface area (Å²) in [5.41, 5.74) is 2.22. The Balaban J connectivity index is 1.76. The quantitative estimate of drug-likeness (QED) is 0.878. The lowest BCUT2D eigenvalue weighted by molar-refractivity contribution is 0.0906. The van der Waals surface area contributed by atoms with Gasteiger partial charge >= 0.3 is 0 Å². The molecule has 2 heterocycles. The van der Waals surface area contributed by atoms with Gasteiger partial charge in [-0.3, -0.25) is 4.98 Å². The summed E-state index contributed by atoms with van der Waals surface area (Å²) < 4.78 is 10.7. The third-order valence-electron chi connectivity index (χ3n) is 2.78. The SMILES string of the molecule is CC(C)(C)NCc1ccc(COCc2ccco2)nc1. The molecule has 0 aliphatic carbocycles. The van der Waals surface area contributed by atoms with Crippen molar-refractivity contribution in [2.24, 2.45) is 0 Å². The van der Waals surface area contributed by atoms with Crippen LogP contribution in [0.4, 0.5) is 0 Å². The van der Waals surface area contributed by atoms with Crippen LogP contribution in [0.15, 0.2) is 41.1 Å². The van der Waals surface area contributed by atoms with Gasteiger partial charge in [0, 0.05) is 18.3 Å². The van der Waals surface area contributed by atoms with E-state index in [2.05, 4.69) is 37.1 Å². The van der Waals surface area contributed by atoms with Crippen LogP contribution < -0.4 is 5.32 Å². The highest BCUT2D eigenvalue weighted by Crippen LogP contribution is 2.07. The van der Waals surface area contributed by atoms with E-state index in [1.807, 2.05) is 24.4 Å². The number of ether oxygens (including phenoxy) is 1. The molecular formula is C16H22N2O2. The molecule has 108 valence electrons. The highest BCUT2D eigenvalue weighted by molar-refractivity contribution is 5.13. The van der Waals surface area contributed by atoms with Gasteiger partial charge in [0.05, 0.1) is 18.6 Å². The predicted molar refractivity (Wildman–Crippen MR) is 78.0 cm³/mol. The topological polar surface area (TPSA) is 47.3 Å². The first-order valence-electron chi connectivity index (χ1n) is 6.82. The molecule has 0 amide bonds. The smallest absolute Gasteiger partial charge is 0.129 e. The predicted octanol–water partition coefficient (Wildman–Crippen LogP) is 3.28. The summed E-state index contributed by atoms with van der Waals surface area (Å²) in [5, 5.41) is 3.44. The minimum atomic E-state index is 0.116. The Morgan fingerprint density at radius 1 is 1.20 bits per heavy atom. The van der Waals surface area contributed by atoms with Gasteiger partial charge in [0.25, 0.3) is 0 Å². The molecule has 0 spiro atoms. The number of nitrogens with zero attached hydrogens (tertiary/aromatic N) is 1. The minimum Gasteiger partial charge on any atom is -0.467 e. The van der Waals surface area contributed by atoms with E-state index < -0.39 is 0 Å². The Morgan fingerprint density at radius 2 is 2.05 bits per heavy atom. The molecule has 4 heteroatoms. The molecule has 0 saturated heterocycles. The highest BCUT2D eigenvalue weighted by atomic mass is 16.5. The van der Waals surface area contributed by atoms with Crippen molar-refractivity contribution in [2.75, 3.05) is 0 Å². The second kappa shape index (κ2) is 6.68. The lowest BCUT2D eigenvalue weighted by Gasteiger charge is -2.20. The number of rotatable bonds is 6. The number of nitrogens with one attached hydrogen (secondary N) is 1. The zero-order valence-electron chi connectivity index (χ0n) is 12.3. The molecule has 2 rings (SSSR count). The summed E-state index contributed by atoms with van der Waals surface area (Å²) in [6.07, 6.45) is 3.54. The van der Waals surface area contributed by atoms with Crippen LogP contribution in [0.3, 0.4) is 0 Å². The third kappa shape index (κ3) is 5.15. The lowest BCUT2D eigenvalue weighted by Crippen LogP contribution is -2.35. The van der Waals surface area contributed by atoms with Crippen LogP contribution in [0.5, 0.6) is 0 Å². The molecule has 20 heavy (non-hydrogen) atoms. The Labute approximate surface area is 120 Å². The van der Waals surface area contributed by atoms with Gasteiger partial charge in [-0.05, 0) is 44.5 Å². The lowest BCUT2D eigenvalue weighted by atomic mass is 10.1. The van der Waals surface area contributed by atoms with E-state index >= 15 is 0 Å². The molecular weight excluding hydrogens is 252 g/mol. The van der Waals surface area contributed by atoms with Gasteiger partial charge in [-0.25, -0.2) is 0 Å². The van der Waals surface area contributed by atoms with Gasteiger partial charge in [0.1, 0.15) is 12.4 Å². The molecule has 0 bridgehead atoms. The fourth-order valence-electron chi connectivity index (χ4n) is 1.66. The van der Waals surface area contributed by atoms with E-state index in [1.54, 1.807) is 6.26 Å². The highest BCUT2D eigenvalue weighted by Gasteiger charge is 2.08. The van der Waals surface area contributed by atoms with Crippen molar-refractivity contribution in [1.29, 1.82) is 0 Å². The van der Waals surface area contributed by atoms with Crippen LogP contribution in [-0.4, -0.2) is 10.5 Å². The van der Waals surface area contributed by atoms with Crippen LogP contribution in [0.25, 0.3) is 0 Å². The number of hydrogen-bond acceptors (Lipinski definition) is 4.